The average Bonchev–Trinajstić information content (AvgIpc) is 2.73. The molecule has 0 aliphatic rings. The van der Waals surface area contributed by atoms with Gasteiger partial charge in [0.05, 0.1) is 11.1 Å². The molecule has 32 heavy (non-hydrogen) atoms. The number of carbonyl (C=O) groups excluding carboxylic acids is 2. The van der Waals surface area contributed by atoms with E-state index in [1.54, 1.807) is 36.4 Å². The summed E-state index contributed by atoms with van der Waals surface area (Å²) in [5, 5.41) is 7.80. The number of carbonyl (C=O) groups is 2. The van der Waals surface area contributed by atoms with Gasteiger partial charge in [-0.15, -0.1) is 0 Å². The highest BCUT2D eigenvalue weighted by molar-refractivity contribution is 9.10. The lowest BCUT2D eigenvalue weighted by atomic mass is 10.1. The molecule has 3 rings (SSSR count). The van der Waals surface area contributed by atoms with Gasteiger partial charge in [-0.05, 0) is 76.7 Å². The molecule has 3 N–H and O–H groups in total. The predicted molar refractivity (Wildman–Crippen MR) is 124 cm³/mol. The van der Waals surface area contributed by atoms with E-state index in [9.17, 15) is 22.8 Å². The van der Waals surface area contributed by atoms with Crippen molar-refractivity contribution in [2.75, 3.05) is 10.6 Å². The SMILES string of the molecule is O=C(Nc1cccc(C(F)(F)F)c1)c1cccc(NC(=S)NC(=O)c2ccccc2Br)c1. The molecule has 0 bridgehead atoms. The molecular formula is C22H15BrF3N3O2S. The summed E-state index contributed by atoms with van der Waals surface area (Å²) in [4.78, 5) is 24.8. The van der Waals surface area contributed by atoms with Crippen molar-refractivity contribution >= 4 is 56.4 Å². The number of hydrogen-bond acceptors (Lipinski definition) is 3. The highest BCUT2D eigenvalue weighted by atomic mass is 79.9. The molecule has 0 spiro atoms. The molecule has 0 aliphatic heterocycles. The average molecular weight is 522 g/mol. The van der Waals surface area contributed by atoms with Crippen molar-refractivity contribution < 1.29 is 22.8 Å². The Bertz CT molecular complexity index is 1180. The summed E-state index contributed by atoms with van der Waals surface area (Å²) in [6, 6.07) is 17.3. The molecule has 0 radical (unpaired) electrons. The molecule has 3 aromatic carbocycles. The van der Waals surface area contributed by atoms with Crippen molar-refractivity contribution in [2.45, 2.75) is 6.18 Å². The zero-order valence-electron chi connectivity index (χ0n) is 16.2. The molecule has 10 heteroatoms. The minimum atomic E-state index is -4.51. The minimum Gasteiger partial charge on any atom is -0.332 e. The summed E-state index contributed by atoms with van der Waals surface area (Å²) in [7, 11) is 0. The maximum absolute atomic E-state index is 12.9. The summed E-state index contributed by atoms with van der Waals surface area (Å²) in [6.07, 6.45) is -4.51. The highest BCUT2D eigenvalue weighted by Gasteiger charge is 2.30. The lowest BCUT2D eigenvalue weighted by molar-refractivity contribution is -0.137. The van der Waals surface area contributed by atoms with Gasteiger partial charge in [-0.3, -0.25) is 14.9 Å². The fourth-order valence-electron chi connectivity index (χ4n) is 2.69. The fraction of sp³-hybridized carbons (Fsp3) is 0.0455. The van der Waals surface area contributed by atoms with Crippen molar-refractivity contribution in [2.24, 2.45) is 0 Å². The van der Waals surface area contributed by atoms with E-state index in [0.29, 0.717) is 15.7 Å². The third-order valence-corrected chi connectivity index (χ3v) is 5.07. The number of halogens is 4. The van der Waals surface area contributed by atoms with E-state index in [1.165, 1.54) is 24.3 Å². The van der Waals surface area contributed by atoms with E-state index in [1.807, 2.05) is 0 Å². The quantitative estimate of drug-likeness (QED) is 0.377. The van der Waals surface area contributed by atoms with Crippen molar-refractivity contribution in [3.8, 4) is 0 Å². The first-order valence-corrected chi connectivity index (χ1v) is 10.3. The zero-order valence-corrected chi connectivity index (χ0v) is 18.6. The van der Waals surface area contributed by atoms with Crippen molar-refractivity contribution in [1.82, 2.24) is 5.32 Å². The van der Waals surface area contributed by atoms with Crippen LogP contribution in [0.25, 0.3) is 0 Å². The first kappa shape index (κ1) is 23.4. The summed E-state index contributed by atoms with van der Waals surface area (Å²) in [5.74, 6) is -1.02. The monoisotopic (exact) mass is 521 g/mol. The van der Waals surface area contributed by atoms with Gasteiger partial charge in [0.2, 0.25) is 0 Å². The predicted octanol–water partition coefficient (Wildman–Crippen LogP) is 5.85. The normalized spacial score (nSPS) is 10.9. The van der Waals surface area contributed by atoms with Gasteiger partial charge < -0.3 is 10.6 Å². The minimum absolute atomic E-state index is 0.0133. The fourth-order valence-corrected chi connectivity index (χ4v) is 3.37. The number of alkyl halides is 3. The summed E-state index contributed by atoms with van der Waals surface area (Å²) < 4.78 is 39.2. The molecule has 0 fully saturated rings. The molecule has 0 aromatic heterocycles. The largest absolute Gasteiger partial charge is 0.416 e. The molecule has 3 aromatic rings. The van der Waals surface area contributed by atoms with Crippen LogP contribution in [0, 0.1) is 0 Å². The van der Waals surface area contributed by atoms with Gasteiger partial charge in [0.25, 0.3) is 11.8 Å². The van der Waals surface area contributed by atoms with Gasteiger partial charge in [-0.2, -0.15) is 13.2 Å². The standard InChI is InChI=1S/C22H15BrF3N3O2S/c23-18-10-2-1-9-17(18)20(31)29-21(32)28-15-7-3-5-13(11-15)19(30)27-16-8-4-6-14(12-16)22(24,25)26/h1-12H,(H,27,30)(H2,28,29,31,32). The summed E-state index contributed by atoms with van der Waals surface area (Å²) in [5.41, 5.74) is 0.147. The van der Waals surface area contributed by atoms with Crippen LogP contribution in [0.3, 0.4) is 0 Å². The van der Waals surface area contributed by atoms with Gasteiger partial charge in [-0.1, -0.05) is 24.3 Å². The number of anilines is 2. The van der Waals surface area contributed by atoms with Gasteiger partial charge in [0.15, 0.2) is 5.11 Å². The molecule has 0 atom stereocenters. The Labute approximate surface area is 195 Å². The molecule has 164 valence electrons. The van der Waals surface area contributed by atoms with Crippen LogP contribution in [0.5, 0.6) is 0 Å². The maximum atomic E-state index is 12.9. The molecule has 0 saturated heterocycles. The van der Waals surface area contributed by atoms with Crippen LogP contribution in [0.2, 0.25) is 0 Å². The number of rotatable bonds is 4. The van der Waals surface area contributed by atoms with Crippen LogP contribution < -0.4 is 16.0 Å². The summed E-state index contributed by atoms with van der Waals surface area (Å²) >= 11 is 8.44. The number of thiocarbonyl (C=S) groups is 1. The van der Waals surface area contributed by atoms with Crippen LogP contribution in [0.15, 0.2) is 77.3 Å². The molecule has 0 heterocycles. The molecule has 0 aliphatic carbocycles. The van der Waals surface area contributed by atoms with Crippen LogP contribution >= 0.6 is 28.1 Å². The Kier molecular flexibility index (Phi) is 7.26. The van der Waals surface area contributed by atoms with Gasteiger partial charge in [0.1, 0.15) is 0 Å². The van der Waals surface area contributed by atoms with Crippen LogP contribution in [-0.2, 0) is 6.18 Å². The van der Waals surface area contributed by atoms with Gasteiger partial charge in [0, 0.05) is 21.4 Å². The topological polar surface area (TPSA) is 70.2 Å². The first-order chi connectivity index (χ1) is 15.1. The van der Waals surface area contributed by atoms with E-state index < -0.39 is 23.6 Å². The molecule has 5 nitrogen and oxygen atoms in total. The lowest BCUT2D eigenvalue weighted by Crippen LogP contribution is -2.34. The lowest BCUT2D eigenvalue weighted by Gasteiger charge is -2.12. The van der Waals surface area contributed by atoms with E-state index in [4.69, 9.17) is 12.2 Å². The Morgan fingerprint density at radius 3 is 2.16 bits per heavy atom. The second-order valence-corrected chi connectivity index (χ2v) is 7.76. The molecular weight excluding hydrogens is 507 g/mol. The Hall–Kier alpha value is -3.24. The van der Waals surface area contributed by atoms with Crippen molar-refractivity contribution in [3.05, 3.63) is 94.0 Å². The van der Waals surface area contributed by atoms with Crippen molar-refractivity contribution in [1.29, 1.82) is 0 Å². The molecule has 0 saturated carbocycles. The van der Waals surface area contributed by atoms with Crippen LogP contribution in [0.4, 0.5) is 24.5 Å². The first-order valence-electron chi connectivity index (χ1n) is 9.09. The summed E-state index contributed by atoms with van der Waals surface area (Å²) in [6.45, 7) is 0. The van der Waals surface area contributed by atoms with E-state index in [2.05, 4.69) is 31.9 Å². The van der Waals surface area contributed by atoms with E-state index in [0.717, 1.165) is 12.1 Å². The highest BCUT2D eigenvalue weighted by Crippen LogP contribution is 2.30. The number of hydrogen-bond donors (Lipinski definition) is 3. The Morgan fingerprint density at radius 2 is 1.47 bits per heavy atom. The third kappa shape index (κ3) is 6.14. The zero-order chi connectivity index (χ0) is 23.3. The van der Waals surface area contributed by atoms with E-state index >= 15 is 0 Å². The Balaban J connectivity index is 1.66. The molecule has 2 amide bonds. The maximum Gasteiger partial charge on any atom is 0.416 e. The second kappa shape index (κ2) is 9.92. The van der Waals surface area contributed by atoms with Crippen molar-refractivity contribution in [3.63, 3.8) is 0 Å². The van der Waals surface area contributed by atoms with Crippen LogP contribution in [-0.4, -0.2) is 16.9 Å². The van der Waals surface area contributed by atoms with Gasteiger partial charge >= 0.3 is 6.18 Å². The van der Waals surface area contributed by atoms with E-state index in [-0.39, 0.29) is 16.4 Å². The molecule has 0 unspecified atom stereocenters. The van der Waals surface area contributed by atoms with Gasteiger partial charge in [-0.25, -0.2) is 0 Å². The Morgan fingerprint density at radius 1 is 0.812 bits per heavy atom. The smallest absolute Gasteiger partial charge is 0.332 e. The second-order valence-electron chi connectivity index (χ2n) is 6.50. The number of benzene rings is 3. The van der Waals surface area contributed by atoms with Crippen LogP contribution in [0.1, 0.15) is 26.3 Å². The number of amides is 2. The number of nitrogens with one attached hydrogen (secondary N) is 3. The third-order valence-electron chi connectivity index (χ3n) is 4.18.